The fourth-order valence-corrected chi connectivity index (χ4v) is 2.81. The van der Waals surface area contributed by atoms with Gasteiger partial charge >= 0.3 is 0 Å². The molecular formula is C15H17S+. The summed E-state index contributed by atoms with van der Waals surface area (Å²) in [7, 11) is 0.411. The summed E-state index contributed by atoms with van der Waals surface area (Å²) < 4.78 is 0. The van der Waals surface area contributed by atoms with Crippen LogP contribution in [0.25, 0.3) is 16.3 Å². The summed E-state index contributed by atoms with van der Waals surface area (Å²) in [5.41, 5.74) is 2.56. The minimum absolute atomic E-state index is 0.411. The normalized spacial score (nSPS) is 10.9. The molecule has 0 bridgehead atoms. The maximum Gasteiger partial charge on any atom is 0.132 e. The lowest BCUT2D eigenvalue weighted by Crippen LogP contribution is -2.03. The van der Waals surface area contributed by atoms with Gasteiger partial charge in [0.25, 0.3) is 0 Å². The second kappa shape index (κ2) is 4.75. The molecule has 2 aromatic rings. The molecule has 0 heterocycles. The van der Waals surface area contributed by atoms with E-state index in [0.29, 0.717) is 10.9 Å². The smallest absolute Gasteiger partial charge is 0.0905 e. The predicted octanol–water partition coefficient (Wildman–Crippen LogP) is 3.73. The zero-order chi connectivity index (χ0) is 11.5. The summed E-state index contributed by atoms with van der Waals surface area (Å²) in [6.07, 6.45) is 4.52. The maximum atomic E-state index is 4.22. The molecule has 0 spiro atoms. The van der Waals surface area contributed by atoms with Crippen molar-refractivity contribution in [3.63, 3.8) is 0 Å². The Hall–Kier alpha value is -1.21. The Morgan fingerprint density at radius 2 is 1.75 bits per heavy atom. The van der Waals surface area contributed by atoms with E-state index in [4.69, 9.17) is 0 Å². The lowest BCUT2D eigenvalue weighted by Gasteiger charge is -2.07. The average Bonchev–Trinajstić information content (AvgIpc) is 2.27. The van der Waals surface area contributed by atoms with Crippen molar-refractivity contribution in [2.45, 2.75) is 0 Å². The molecule has 0 N–H and O–H groups in total. The van der Waals surface area contributed by atoms with Crippen molar-refractivity contribution >= 4 is 27.2 Å². The maximum absolute atomic E-state index is 4.22. The molecule has 2 aromatic carbocycles. The van der Waals surface area contributed by atoms with E-state index in [1.807, 2.05) is 0 Å². The van der Waals surface area contributed by atoms with E-state index >= 15 is 0 Å². The van der Waals surface area contributed by atoms with E-state index in [1.165, 1.54) is 21.9 Å². The second-order valence-electron chi connectivity index (χ2n) is 4.26. The Kier molecular flexibility index (Phi) is 3.35. The molecule has 0 amide bonds. The first-order chi connectivity index (χ1) is 7.68. The van der Waals surface area contributed by atoms with Crippen molar-refractivity contribution in [2.24, 2.45) is 0 Å². The topological polar surface area (TPSA) is 0 Å². The molecule has 0 radical (unpaired) electrons. The molecule has 0 aliphatic rings. The van der Waals surface area contributed by atoms with Crippen molar-refractivity contribution < 1.29 is 0 Å². The van der Waals surface area contributed by atoms with Gasteiger partial charge in [0, 0.05) is 5.57 Å². The van der Waals surface area contributed by atoms with Crippen LogP contribution in [0.3, 0.4) is 0 Å². The molecule has 82 valence electrons. The summed E-state index contributed by atoms with van der Waals surface area (Å²) in [4.78, 5) is 0. The first-order valence-electron chi connectivity index (χ1n) is 5.38. The van der Waals surface area contributed by atoms with E-state index < -0.39 is 0 Å². The van der Waals surface area contributed by atoms with Gasteiger partial charge < -0.3 is 0 Å². The molecule has 0 fully saturated rings. The van der Waals surface area contributed by atoms with Gasteiger partial charge in [0.1, 0.15) is 5.75 Å². The Balaban J connectivity index is 2.48. The molecule has 0 atom stereocenters. The van der Waals surface area contributed by atoms with Gasteiger partial charge in [0.05, 0.1) is 12.5 Å². The molecule has 0 nitrogen and oxygen atoms in total. The van der Waals surface area contributed by atoms with Crippen LogP contribution in [-0.4, -0.2) is 18.3 Å². The first-order valence-corrected chi connectivity index (χ1v) is 7.59. The quantitative estimate of drug-likeness (QED) is 0.703. The summed E-state index contributed by atoms with van der Waals surface area (Å²) >= 11 is 0. The second-order valence-corrected chi connectivity index (χ2v) is 6.52. The lowest BCUT2D eigenvalue weighted by molar-refractivity contribution is 1.63. The zero-order valence-electron chi connectivity index (χ0n) is 9.86. The largest absolute Gasteiger partial charge is 0.132 e. The third kappa shape index (κ3) is 2.30. The predicted molar refractivity (Wildman–Crippen MR) is 77.1 cm³/mol. The molecule has 0 unspecified atom stereocenters. The molecular weight excluding hydrogens is 212 g/mol. The van der Waals surface area contributed by atoms with Crippen molar-refractivity contribution in [3.8, 4) is 0 Å². The van der Waals surface area contributed by atoms with Crippen LogP contribution in [0.15, 0.2) is 49.0 Å². The van der Waals surface area contributed by atoms with Gasteiger partial charge in [-0.15, -0.1) is 0 Å². The molecule has 0 aliphatic carbocycles. The van der Waals surface area contributed by atoms with Crippen molar-refractivity contribution in [1.29, 1.82) is 0 Å². The molecule has 1 heteroatoms. The van der Waals surface area contributed by atoms with Gasteiger partial charge in [0.2, 0.25) is 0 Å². The van der Waals surface area contributed by atoms with Crippen molar-refractivity contribution in [1.82, 2.24) is 0 Å². The van der Waals surface area contributed by atoms with E-state index in [1.54, 1.807) is 0 Å². The van der Waals surface area contributed by atoms with Crippen molar-refractivity contribution in [3.05, 3.63) is 54.6 Å². The molecule has 0 saturated carbocycles. The SMILES string of the molecule is C=C(C[S+](C)C)c1cccc2ccccc12. The summed E-state index contributed by atoms with van der Waals surface area (Å²) in [6.45, 7) is 4.22. The standard InChI is InChI=1S/C15H17S/c1-12(11-16(2)3)14-10-6-8-13-7-4-5-9-15(13)14/h4-10H,1,11H2,2-3H3/q+1. The minimum atomic E-state index is 0.411. The summed E-state index contributed by atoms with van der Waals surface area (Å²) in [5, 5.41) is 2.62. The van der Waals surface area contributed by atoms with Crippen LogP contribution in [0.1, 0.15) is 5.56 Å². The van der Waals surface area contributed by atoms with Gasteiger partial charge in [-0.05, 0) is 27.2 Å². The molecule has 16 heavy (non-hydrogen) atoms. The van der Waals surface area contributed by atoms with Crippen LogP contribution in [0.2, 0.25) is 0 Å². The highest BCUT2D eigenvalue weighted by Gasteiger charge is 2.10. The number of benzene rings is 2. The Morgan fingerprint density at radius 1 is 1.06 bits per heavy atom. The van der Waals surface area contributed by atoms with Crippen LogP contribution >= 0.6 is 0 Å². The van der Waals surface area contributed by atoms with Gasteiger partial charge in [-0.2, -0.15) is 0 Å². The highest BCUT2D eigenvalue weighted by atomic mass is 32.2. The fraction of sp³-hybridized carbons (Fsp3) is 0.200. The van der Waals surface area contributed by atoms with Gasteiger partial charge in [-0.1, -0.05) is 49.0 Å². The summed E-state index contributed by atoms with van der Waals surface area (Å²) in [6, 6.07) is 15.0. The average molecular weight is 229 g/mol. The third-order valence-electron chi connectivity index (χ3n) is 2.63. The molecule has 0 aromatic heterocycles. The van der Waals surface area contributed by atoms with Gasteiger partial charge in [0.15, 0.2) is 0 Å². The van der Waals surface area contributed by atoms with E-state index in [-0.39, 0.29) is 0 Å². The van der Waals surface area contributed by atoms with Gasteiger partial charge in [-0.3, -0.25) is 0 Å². The van der Waals surface area contributed by atoms with Crippen LogP contribution in [-0.2, 0) is 10.9 Å². The monoisotopic (exact) mass is 229 g/mol. The first kappa shape index (κ1) is 11.3. The minimum Gasteiger partial charge on any atom is -0.0905 e. The van der Waals surface area contributed by atoms with E-state index in [9.17, 15) is 0 Å². The zero-order valence-corrected chi connectivity index (χ0v) is 10.7. The van der Waals surface area contributed by atoms with Crippen molar-refractivity contribution in [2.75, 3.05) is 18.3 Å². The molecule has 2 rings (SSSR count). The highest BCUT2D eigenvalue weighted by Crippen LogP contribution is 2.24. The van der Waals surface area contributed by atoms with Gasteiger partial charge in [-0.25, -0.2) is 0 Å². The third-order valence-corrected chi connectivity index (χ3v) is 3.56. The number of rotatable bonds is 3. The Morgan fingerprint density at radius 3 is 2.50 bits per heavy atom. The number of hydrogen-bond donors (Lipinski definition) is 0. The van der Waals surface area contributed by atoms with Crippen LogP contribution in [0.4, 0.5) is 0 Å². The highest BCUT2D eigenvalue weighted by molar-refractivity contribution is 7.95. The Bertz CT molecular complexity index is 506. The number of hydrogen-bond acceptors (Lipinski definition) is 0. The van der Waals surface area contributed by atoms with Crippen LogP contribution < -0.4 is 0 Å². The van der Waals surface area contributed by atoms with E-state index in [0.717, 1.165) is 5.75 Å². The van der Waals surface area contributed by atoms with Crippen LogP contribution in [0.5, 0.6) is 0 Å². The number of fused-ring (bicyclic) bond motifs is 1. The van der Waals surface area contributed by atoms with E-state index in [2.05, 4.69) is 61.6 Å². The van der Waals surface area contributed by atoms with Crippen LogP contribution in [0, 0.1) is 0 Å². The fourth-order valence-electron chi connectivity index (χ4n) is 1.96. The molecule has 0 saturated heterocycles. The summed E-state index contributed by atoms with van der Waals surface area (Å²) in [5.74, 6) is 1.09. The lowest BCUT2D eigenvalue weighted by atomic mass is 10.0. The Labute approximate surface area is 100 Å². The molecule has 0 aliphatic heterocycles.